The van der Waals surface area contributed by atoms with Crippen LogP contribution in [0.25, 0.3) is 11.1 Å². The molecule has 0 spiro atoms. The second kappa shape index (κ2) is 5.87. The third kappa shape index (κ3) is 2.79. The van der Waals surface area contributed by atoms with E-state index in [0.717, 1.165) is 25.7 Å². The van der Waals surface area contributed by atoms with Crippen LogP contribution in [-0.4, -0.2) is 11.7 Å². The van der Waals surface area contributed by atoms with Crippen LogP contribution in [0.4, 0.5) is 0 Å². The minimum atomic E-state index is -0.0913. The van der Waals surface area contributed by atoms with Crippen LogP contribution in [-0.2, 0) is 5.41 Å². The van der Waals surface area contributed by atoms with Crippen LogP contribution >= 0.6 is 0 Å². The first-order valence-electron chi connectivity index (χ1n) is 7.67. The monoisotopic (exact) mass is 278 g/mol. The summed E-state index contributed by atoms with van der Waals surface area (Å²) in [7, 11) is 0. The molecule has 0 atom stereocenters. The minimum Gasteiger partial charge on any atom is -0.395 e. The van der Waals surface area contributed by atoms with Crippen LogP contribution in [0.5, 0.6) is 0 Å². The van der Waals surface area contributed by atoms with E-state index in [-0.39, 0.29) is 12.0 Å². The Bertz CT molecular complexity index is 617. The Kier molecular flexibility index (Phi) is 3.94. The summed E-state index contributed by atoms with van der Waals surface area (Å²) >= 11 is 0. The lowest BCUT2D eigenvalue weighted by Crippen LogP contribution is -2.33. The molecule has 0 amide bonds. The van der Waals surface area contributed by atoms with Crippen molar-refractivity contribution in [3.05, 3.63) is 72.3 Å². The Hall–Kier alpha value is -1.86. The lowest BCUT2D eigenvalue weighted by atomic mass is 9.68. The molecule has 1 nitrogen and oxygen atoms in total. The molecule has 1 saturated carbocycles. The zero-order valence-electron chi connectivity index (χ0n) is 12.4. The maximum Gasteiger partial charge on any atom is 0.0528 e. The Morgan fingerprint density at radius 3 is 2.24 bits per heavy atom. The maximum atomic E-state index is 10.0. The van der Waals surface area contributed by atoms with Gasteiger partial charge in [-0.25, -0.2) is 0 Å². The van der Waals surface area contributed by atoms with Gasteiger partial charge in [0.2, 0.25) is 0 Å². The quantitative estimate of drug-likeness (QED) is 0.806. The molecule has 1 heteroatoms. The van der Waals surface area contributed by atoms with Crippen LogP contribution in [0.3, 0.4) is 0 Å². The summed E-state index contributed by atoms with van der Waals surface area (Å²) in [5, 5.41) is 10.0. The van der Waals surface area contributed by atoms with Gasteiger partial charge in [0.1, 0.15) is 0 Å². The molecule has 1 aliphatic rings. The standard InChI is InChI=1S/C20H22O/c1-16-10-12-20(15-21,13-11-16)19-9-5-8-18(14-19)17-6-3-2-4-7-17/h2-9,14,21H,1,10-13,15H2. The highest BCUT2D eigenvalue weighted by Crippen LogP contribution is 2.41. The van der Waals surface area contributed by atoms with E-state index in [1.807, 2.05) is 6.07 Å². The van der Waals surface area contributed by atoms with E-state index in [1.165, 1.54) is 22.3 Å². The van der Waals surface area contributed by atoms with E-state index in [1.54, 1.807) is 0 Å². The van der Waals surface area contributed by atoms with Gasteiger partial charge in [0, 0.05) is 5.41 Å². The molecule has 0 unspecified atom stereocenters. The lowest BCUT2D eigenvalue weighted by Gasteiger charge is -2.37. The zero-order valence-corrected chi connectivity index (χ0v) is 12.4. The van der Waals surface area contributed by atoms with Gasteiger partial charge in [0.05, 0.1) is 6.61 Å². The number of rotatable bonds is 3. The average Bonchev–Trinajstić information content (AvgIpc) is 2.57. The molecule has 1 fully saturated rings. The smallest absolute Gasteiger partial charge is 0.0528 e. The predicted octanol–water partition coefficient (Wildman–Crippen LogP) is 4.71. The molecular weight excluding hydrogens is 256 g/mol. The van der Waals surface area contributed by atoms with E-state index < -0.39 is 0 Å². The highest BCUT2D eigenvalue weighted by Gasteiger charge is 2.34. The molecule has 3 rings (SSSR count). The van der Waals surface area contributed by atoms with Crippen molar-refractivity contribution in [3.63, 3.8) is 0 Å². The first-order valence-corrected chi connectivity index (χ1v) is 7.67. The van der Waals surface area contributed by atoms with Crippen molar-refractivity contribution in [1.82, 2.24) is 0 Å². The first-order chi connectivity index (χ1) is 10.2. The molecule has 0 saturated heterocycles. The topological polar surface area (TPSA) is 20.2 Å². The lowest BCUT2D eigenvalue weighted by molar-refractivity contribution is 0.164. The fraction of sp³-hybridized carbons (Fsp3) is 0.300. The summed E-state index contributed by atoms with van der Waals surface area (Å²) in [6, 6.07) is 19.1. The Labute approximate surface area is 127 Å². The van der Waals surface area contributed by atoms with Crippen molar-refractivity contribution in [3.8, 4) is 11.1 Å². The Balaban J connectivity index is 1.97. The van der Waals surface area contributed by atoms with Gasteiger partial charge < -0.3 is 5.11 Å². The molecule has 0 aliphatic heterocycles. The van der Waals surface area contributed by atoms with E-state index in [0.29, 0.717) is 0 Å². The molecule has 0 radical (unpaired) electrons. The van der Waals surface area contributed by atoms with Crippen LogP contribution in [0, 0.1) is 0 Å². The summed E-state index contributed by atoms with van der Waals surface area (Å²) in [6.45, 7) is 4.31. The van der Waals surface area contributed by atoms with Crippen molar-refractivity contribution >= 4 is 0 Å². The molecule has 0 aromatic heterocycles. The second-order valence-electron chi connectivity index (χ2n) is 6.14. The molecule has 2 aromatic carbocycles. The minimum absolute atomic E-state index is 0.0913. The maximum absolute atomic E-state index is 10.0. The molecule has 1 N–H and O–H groups in total. The fourth-order valence-corrected chi connectivity index (χ4v) is 3.28. The van der Waals surface area contributed by atoms with Crippen LogP contribution in [0.15, 0.2) is 66.7 Å². The third-order valence-electron chi connectivity index (χ3n) is 4.80. The van der Waals surface area contributed by atoms with Gasteiger partial charge >= 0.3 is 0 Å². The van der Waals surface area contributed by atoms with E-state index in [9.17, 15) is 5.11 Å². The average molecular weight is 278 g/mol. The van der Waals surface area contributed by atoms with Crippen molar-refractivity contribution < 1.29 is 5.11 Å². The Morgan fingerprint density at radius 1 is 0.905 bits per heavy atom. The van der Waals surface area contributed by atoms with Crippen LogP contribution in [0.2, 0.25) is 0 Å². The van der Waals surface area contributed by atoms with Crippen molar-refractivity contribution in [2.45, 2.75) is 31.1 Å². The van der Waals surface area contributed by atoms with E-state index in [2.05, 4.69) is 55.1 Å². The summed E-state index contributed by atoms with van der Waals surface area (Å²) in [5.74, 6) is 0. The highest BCUT2D eigenvalue weighted by molar-refractivity contribution is 5.64. The molecule has 21 heavy (non-hydrogen) atoms. The normalized spacial score (nSPS) is 17.7. The molecule has 2 aromatic rings. The Morgan fingerprint density at radius 2 is 1.57 bits per heavy atom. The first kappa shape index (κ1) is 14.1. The zero-order chi connectivity index (χ0) is 14.7. The number of allylic oxidation sites excluding steroid dienone is 1. The summed E-state index contributed by atoms with van der Waals surface area (Å²) in [6.07, 6.45) is 4.05. The van der Waals surface area contributed by atoms with Gasteiger partial charge in [-0.05, 0) is 42.4 Å². The van der Waals surface area contributed by atoms with Gasteiger partial charge in [0.15, 0.2) is 0 Å². The van der Waals surface area contributed by atoms with Crippen LogP contribution < -0.4 is 0 Å². The van der Waals surface area contributed by atoms with Crippen molar-refractivity contribution in [2.75, 3.05) is 6.61 Å². The summed E-state index contributed by atoms with van der Waals surface area (Å²) < 4.78 is 0. The van der Waals surface area contributed by atoms with E-state index >= 15 is 0 Å². The summed E-state index contributed by atoms with van der Waals surface area (Å²) in [5.41, 5.74) is 4.95. The predicted molar refractivity (Wildman–Crippen MR) is 88.2 cm³/mol. The molecule has 0 bridgehead atoms. The fourth-order valence-electron chi connectivity index (χ4n) is 3.28. The molecule has 108 valence electrons. The summed E-state index contributed by atoms with van der Waals surface area (Å²) in [4.78, 5) is 0. The van der Waals surface area contributed by atoms with Gasteiger partial charge in [-0.3, -0.25) is 0 Å². The molecular formula is C20H22O. The van der Waals surface area contributed by atoms with Crippen LogP contribution in [0.1, 0.15) is 31.2 Å². The number of hydrogen-bond donors (Lipinski definition) is 1. The SMILES string of the molecule is C=C1CCC(CO)(c2cccc(-c3ccccc3)c2)CC1. The highest BCUT2D eigenvalue weighted by atomic mass is 16.3. The molecule has 1 aliphatic carbocycles. The van der Waals surface area contributed by atoms with E-state index in [4.69, 9.17) is 0 Å². The van der Waals surface area contributed by atoms with Crippen molar-refractivity contribution in [2.24, 2.45) is 0 Å². The number of aliphatic hydroxyl groups excluding tert-OH is 1. The number of benzene rings is 2. The largest absolute Gasteiger partial charge is 0.395 e. The second-order valence-corrected chi connectivity index (χ2v) is 6.14. The van der Waals surface area contributed by atoms with Crippen molar-refractivity contribution in [1.29, 1.82) is 0 Å². The number of hydrogen-bond acceptors (Lipinski definition) is 1. The van der Waals surface area contributed by atoms with Gasteiger partial charge in [0.25, 0.3) is 0 Å². The van der Waals surface area contributed by atoms with Gasteiger partial charge in [-0.15, -0.1) is 0 Å². The van der Waals surface area contributed by atoms with Gasteiger partial charge in [-0.1, -0.05) is 66.7 Å². The molecule has 0 heterocycles. The van der Waals surface area contributed by atoms with Gasteiger partial charge in [-0.2, -0.15) is 0 Å². The number of aliphatic hydroxyl groups is 1. The third-order valence-corrected chi connectivity index (χ3v) is 4.80.